The molecule has 2 aromatic rings. The van der Waals surface area contributed by atoms with Gasteiger partial charge in [-0.1, -0.05) is 11.6 Å². The highest BCUT2D eigenvalue weighted by atomic mass is 19.3. The van der Waals surface area contributed by atoms with E-state index in [9.17, 15) is 17.6 Å². The summed E-state index contributed by atoms with van der Waals surface area (Å²) in [5.74, 6) is -0.101. The topological polar surface area (TPSA) is 61.0 Å². The smallest absolute Gasteiger partial charge is 0.284 e. The number of halogens is 4. The number of nitrogens with two attached hydrogens (primary N) is 1. The highest BCUT2D eigenvalue weighted by Crippen LogP contribution is 2.31. The molecule has 2 heterocycles. The minimum absolute atomic E-state index is 0.0241. The van der Waals surface area contributed by atoms with Crippen LogP contribution >= 0.6 is 0 Å². The quantitative estimate of drug-likeness (QED) is 0.535. The molecule has 1 unspecified atom stereocenters. The van der Waals surface area contributed by atoms with Gasteiger partial charge in [0.25, 0.3) is 12.9 Å². The summed E-state index contributed by atoms with van der Waals surface area (Å²) < 4.78 is 58.0. The third-order valence-electron chi connectivity index (χ3n) is 3.55. The predicted molar refractivity (Wildman–Crippen MR) is 94.9 cm³/mol. The zero-order valence-corrected chi connectivity index (χ0v) is 15.2. The van der Waals surface area contributed by atoms with Crippen molar-refractivity contribution in [2.24, 2.45) is 5.73 Å². The van der Waals surface area contributed by atoms with Crippen molar-refractivity contribution in [1.29, 1.82) is 0 Å². The molecule has 8 heteroatoms. The second-order valence-corrected chi connectivity index (χ2v) is 6.67. The summed E-state index contributed by atoms with van der Waals surface area (Å²) in [4.78, 5) is 7.45. The van der Waals surface area contributed by atoms with Gasteiger partial charge >= 0.3 is 0 Å². The van der Waals surface area contributed by atoms with Crippen LogP contribution in [0.5, 0.6) is 5.75 Å². The lowest BCUT2D eigenvalue weighted by Gasteiger charge is -2.22. The van der Waals surface area contributed by atoms with Gasteiger partial charge in [0.1, 0.15) is 23.7 Å². The second-order valence-electron chi connectivity index (χ2n) is 6.67. The average molecular weight is 383 g/mol. The maximum absolute atomic E-state index is 13.4. The molecule has 146 valence electrons. The molecular weight excluding hydrogens is 362 g/mol. The Bertz CT molecular complexity index is 818. The van der Waals surface area contributed by atoms with Gasteiger partial charge in [-0.3, -0.25) is 4.98 Å². The summed E-state index contributed by atoms with van der Waals surface area (Å²) in [5, 5.41) is 0. The minimum Gasteiger partial charge on any atom is -0.489 e. The largest absolute Gasteiger partial charge is 0.489 e. The Balaban J connectivity index is 2.32. The van der Waals surface area contributed by atoms with Crippen LogP contribution in [-0.4, -0.2) is 22.1 Å². The Hall–Kier alpha value is -2.48. The number of nitrogens with zero attached hydrogens (tertiary/aromatic N) is 2. The number of alkyl halides is 4. The highest BCUT2D eigenvalue weighted by molar-refractivity contribution is 5.60. The van der Waals surface area contributed by atoms with Crippen molar-refractivity contribution >= 4 is 0 Å². The summed E-state index contributed by atoms with van der Waals surface area (Å²) in [6, 6.07) is 5.32. The van der Waals surface area contributed by atoms with E-state index >= 15 is 0 Å². The summed E-state index contributed by atoms with van der Waals surface area (Å²) in [6.45, 7) is 5.43. The van der Waals surface area contributed by atoms with Crippen LogP contribution in [0.25, 0.3) is 11.3 Å². The van der Waals surface area contributed by atoms with Crippen molar-refractivity contribution in [3.63, 3.8) is 0 Å². The van der Waals surface area contributed by atoms with Gasteiger partial charge in [-0.2, -0.15) is 0 Å². The molecule has 0 fully saturated rings. The van der Waals surface area contributed by atoms with Crippen molar-refractivity contribution in [3.8, 4) is 17.0 Å². The molecule has 2 aromatic heterocycles. The van der Waals surface area contributed by atoms with Crippen molar-refractivity contribution in [2.75, 3.05) is 6.61 Å². The van der Waals surface area contributed by atoms with Gasteiger partial charge in [0.15, 0.2) is 0 Å². The number of pyridine rings is 2. The molecular formula is C19H21F4N3O. The maximum Gasteiger partial charge on any atom is 0.284 e. The highest BCUT2D eigenvalue weighted by Gasteiger charge is 2.22. The minimum atomic E-state index is -2.90. The first kappa shape index (κ1) is 20.8. The van der Waals surface area contributed by atoms with Crippen LogP contribution in [0.1, 0.15) is 45.0 Å². The van der Waals surface area contributed by atoms with Crippen molar-refractivity contribution < 1.29 is 22.3 Å². The average Bonchev–Trinajstić information content (AvgIpc) is 2.58. The fourth-order valence-electron chi connectivity index (χ4n) is 2.56. The molecule has 0 saturated heterocycles. The van der Waals surface area contributed by atoms with E-state index in [0.29, 0.717) is 0 Å². The van der Waals surface area contributed by atoms with E-state index in [1.807, 2.05) is 13.8 Å². The fraction of sp³-hybridized carbons (Fsp3) is 0.368. The van der Waals surface area contributed by atoms with Gasteiger partial charge in [-0.05, 0) is 45.0 Å². The summed E-state index contributed by atoms with van der Waals surface area (Å²) in [5.41, 5.74) is 5.57. The molecule has 0 aliphatic rings. The van der Waals surface area contributed by atoms with Gasteiger partial charge in [0.05, 0.1) is 11.2 Å². The van der Waals surface area contributed by atoms with Crippen LogP contribution in [0.3, 0.4) is 0 Å². The van der Waals surface area contributed by atoms with E-state index in [4.69, 9.17) is 10.5 Å². The number of ether oxygens (including phenoxy) is 1. The molecule has 4 nitrogen and oxygen atoms in total. The van der Waals surface area contributed by atoms with E-state index in [1.165, 1.54) is 24.4 Å². The van der Waals surface area contributed by atoms with Gasteiger partial charge in [-0.25, -0.2) is 22.5 Å². The number of hydrogen-bond donors (Lipinski definition) is 1. The number of hydrogen-bond acceptors (Lipinski definition) is 4. The molecule has 0 radical (unpaired) electrons. The molecule has 0 aromatic carbocycles. The molecule has 0 amide bonds. The van der Waals surface area contributed by atoms with E-state index in [2.05, 4.69) is 9.97 Å². The van der Waals surface area contributed by atoms with Crippen molar-refractivity contribution in [2.45, 2.75) is 39.2 Å². The summed E-state index contributed by atoms with van der Waals surface area (Å²) in [7, 11) is 0. The number of allylic oxidation sites excluding steroid dienone is 1. The summed E-state index contributed by atoms with van der Waals surface area (Å²) >= 11 is 0. The summed E-state index contributed by atoms with van der Waals surface area (Å²) in [6.07, 6.45) is -2.70. The standard InChI is InChI=1S/C19H21F4N3O/c1-11(2)9-19(3,24)10-27-15-5-4-13(26-16(15)18(22)23)12-6-7-25-14(8-12)17(20)21/h4-9,17-18H,10,24H2,1-3H3. The lowest BCUT2D eigenvalue weighted by Crippen LogP contribution is -2.40. The monoisotopic (exact) mass is 383 g/mol. The zero-order chi connectivity index (χ0) is 20.2. The SMILES string of the molecule is CC(C)=CC(C)(N)COc1ccc(-c2ccnc(C(F)F)c2)nc1C(F)F. The molecule has 0 aliphatic heterocycles. The fourth-order valence-corrected chi connectivity index (χ4v) is 2.56. The lowest BCUT2D eigenvalue weighted by molar-refractivity contribution is 0.137. The number of aromatic nitrogens is 2. The predicted octanol–water partition coefficient (Wildman–Crippen LogP) is 5.08. The molecule has 0 bridgehead atoms. The van der Waals surface area contributed by atoms with E-state index in [1.54, 1.807) is 13.0 Å². The van der Waals surface area contributed by atoms with Gasteiger partial charge in [0, 0.05) is 11.8 Å². The molecule has 2 rings (SSSR count). The Morgan fingerprint density at radius 1 is 1.19 bits per heavy atom. The van der Waals surface area contributed by atoms with Crippen LogP contribution in [0, 0.1) is 0 Å². The lowest BCUT2D eigenvalue weighted by atomic mass is 10.0. The van der Waals surface area contributed by atoms with E-state index < -0.39 is 29.8 Å². The van der Waals surface area contributed by atoms with Crippen LogP contribution < -0.4 is 10.5 Å². The Morgan fingerprint density at radius 2 is 1.89 bits per heavy atom. The molecule has 0 aliphatic carbocycles. The van der Waals surface area contributed by atoms with Gasteiger partial charge in [0.2, 0.25) is 0 Å². The molecule has 0 spiro atoms. The van der Waals surface area contributed by atoms with E-state index in [-0.39, 0.29) is 23.6 Å². The van der Waals surface area contributed by atoms with Crippen molar-refractivity contribution in [3.05, 3.63) is 53.5 Å². The first-order chi connectivity index (χ1) is 12.6. The molecule has 27 heavy (non-hydrogen) atoms. The first-order valence-corrected chi connectivity index (χ1v) is 8.20. The molecule has 1 atom stereocenters. The van der Waals surface area contributed by atoms with Crippen LogP contribution in [0.4, 0.5) is 17.6 Å². The molecule has 2 N–H and O–H groups in total. The first-order valence-electron chi connectivity index (χ1n) is 8.20. The Kier molecular flexibility index (Phi) is 6.54. The van der Waals surface area contributed by atoms with Gasteiger partial charge in [-0.15, -0.1) is 0 Å². The Labute approximate surface area is 155 Å². The van der Waals surface area contributed by atoms with Crippen molar-refractivity contribution in [1.82, 2.24) is 9.97 Å². The Morgan fingerprint density at radius 3 is 2.48 bits per heavy atom. The third kappa shape index (κ3) is 5.75. The number of rotatable bonds is 7. The zero-order valence-electron chi connectivity index (χ0n) is 15.2. The van der Waals surface area contributed by atoms with Crippen LogP contribution in [0.15, 0.2) is 42.1 Å². The van der Waals surface area contributed by atoms with E-state index in [0.717, 1.165) is 11.6 Å². The second kappa shape index (κ2) is 8.47. The van der Waals surface area contributed by atoms with Gasteiger partial charge < -0.3 is 10.5 Å². The molecule has 0 saturated carbocycles. The normalized spacial score (nSPS) is 13.6. The maximum atomic E-state index is 13.4. The third-order valence-corrected chi connectivity index (χ3v) is 3.55. The van der Waals surface area contributed by atoms with Crippen LogP contribution in [-0.2, 0) is 0 Å². The van der Waals surface area contributed by atoms with Crippen LogP contribution in [0.2, 0.25) is 0 Å².